The zero-order valence-corrected chi connectivity index (χ0v) is 22.8. The van der Waals surface area contributed by atoms with Crippen molar-refractivity contribution in [3.8, 4) is 11.5 Å². The van der Waals surface area contributed by atoms with Gasteiger partial charge in [-0.05, 0) is 55.3 Å². The van der Waals surface area contributed by atoms with Crippen molar-refractivity contribution in [1.82, 2.24) is 9.62 Å². The lowest BCUT2D eigenvalue weighted by molar-refractivity contribution is 0.130. The highest BCUT2D eigenvalue weighted by molar-refractivity contribution is 7.89. The molecule has 9 nitrogen and oxygen atoms in total. The number of benzene rings is 3. The lowest BCUT2D eigenvalue weighted by atomic mass is 10.1. The average Bonchev–Trinajstić information content (AvgIpc) is 2.93. The third-order valence-electron chi connectivity index (χ3n) is 6.60. The fourth-order valence-corrected chi connectivity index (χ4v) is 5.70. The molecule has 0 amide bonds. The van der Waals surface area contributed by atoms with Gasteiger partial charge in [-0.2, -0.15) is 0 Å². The van der Waals surface area contributed by atoms with Gasteiger partial charge in [0.25, 0.3) is 0 Å². The molecule has 0 saturated carbocycles. The molecule has 0 bridgehead atoms. The van der Waals surface area contributed by atoms with Gasteiger partial charge in [-0.15, -0.1) is 0 Å². The number of likely N-dealkylation sites (tertiary alicyclic amines) is 1. The first-order chi connectivity index (χ1) is 18.7. The van der Waals surface area contributed by atoms with E-state index in [-0.39, 0.29) is 23.4 Å². The summed E-state index contributed by atoms with van der Waals surface area (Å²) in [5.41, 5.74) is 7.05. The first kappa shape index (κ1) is 28.1. The van der Waals surface area contributed by atoms with Crippen LogP contribution in [0, 0.1) is 10.8 Å². The third-order valence-corrected chi connectivity index (χ3v) is 8.13. The molecule has 1 fully saturated rings. The molecule has 1 saturated heterocycles. The van der Waals surface area contributed by atoms with Gasteiger partial charge in [0.15, 0.2) is 0 Å². The van der Waals surface area contributed by atoms with E-state index in [4.69, 9.17) is 26.0 Å². The van der Waals surface area contributed by atoms with E-state index in [1.54, 1.807) is 61.5 Å². The number of nitrogens with one attached hydrogen (secondary N) is 3. The molecule has 206 valence electrons. The Morgan fingerprint density at radius 2 is 1.69 bits per heavy atom. The van der Waals surface area contributed by atoms with Crippen LogP contribution in [0.1, 0.15) is 30.9 Å². The summed E-state index contributed by atoms with van der Waals surface area (Å²) in [5.74, 6) is 1.78. The minimum Gasteiger partial charge on any atom is -0.492 e. The van der Waals surface area contributed by atoms with Crippen molar-refractivity contribution < 1.29 is 17.9 Å². The van der Waals surface area contributed by atoms with E-state index in [9.17, 15) is 8.42 Å². The van der Waals surface area contributed by atoms with E-state index < -0.39 is 16.1 Å². The lowest BCUT2D eigenvalue weighted by Crippen LogP contribution is -2.40. The Morgan fingerprint density at radius 3 is 2.33 bits per heavy atom. The summed E-state index contributed by atoms with van der Waals surface area (Å²) in [4.78, 5) is 2.24. The van der Waals surface area contributed by atoms with Crippen LogP contribution in [0.4, 0.5) is 0 Å². The molecular weight excluding hydrogens is 514 g/mol. The van der Waals surface area contributed by atoms with E-state index in [0.29, 0.717) is 23.6 Å². The normalized spacial score (nSPS) is 14.9. The minimum absolute atomic E-state index is 0.0699. The quantitative estimate of drug-likeness (QED) is 0.212. The monoisotopic (exact) mass is 549 g/mol. The number of rotatable bonds is 11. The molecule has 0 unspecified atom stereocenters. The molecule has 0 spiro atoms. The van der Waals surface area contributed by atoms with Crippen molar-refractivity contribution in [2.75, 3.05) is 19.7 Å². The van der Waals surface area contributed by atoms with E-state index in [0.717, 1.165) is 37.2 Å². The number of piperidine rings is 1. The van der Waals surface area contributed by atoms with Crippen molar-refractivity contribution in [2.24, 2.45) is 5.73 Å². The zero-order chi connectivity index (χ0) is 27.8. The molecule has 0 radical (unpaired) electrons. The van der Waals surface area contributed by atoms with Crippen LogP contribution in [-0.4, -0.2) is 56.8 Å². The van der Waals surface area contributed by atoms with Crippen LogP contribution in [0.15, 0.2) is 83.8 Å². The number of nitrogen functional groups attached to an aromatic ring is 1. The van der Waals surface area contributed by atoms with Gasteiger partial charge >= 0.3 is 0 Å². The summed E-state index contributed by atoms with van der Waals surface area (Å²) in [6.07, 6.45) is 2.24. The zero-order valence-electron chi connectivity index (χ0n) is 22.0. The van der Waals surface area contributed by atoms with Crippen LogP contribution < -0.4 is 19.9 Å². The SMILES string of the molecule is CC(=N)N1CCC(Oc2ccc(C[C@@H](COc3cccc(C(=N)N)c3)NS(=O)(=O)c3ccccc3)cc2)CC1. The van der Waals surface area contributed by atoms with Crippen LogP contribution in [0.3, 0.4) is 0 Å². The summed E-state index contributed by atoms with van der Waals surface area (Å²) in [7, 11) is -3.77. The van der Waals surface area contributed by atoms with Gasteiger partial charge in [-0.3, -0.25) is 10.8 Å². The van der Waals surface area contributed by atoms with Crippen LogP contribution in [-0.2, 0) is 16.4 Å². The summed E-state index contributed by atoms with van der Waals surface area (Å²) >= 11 is 0. The first-order valence-electron chi connectivity index (χ1n) is 12.9. The Bertz CT molecular complexity index is 1370. The highest BCUT2D eigenvalue weighted by Crippen LogP contribution is 2.21. The number of nitrogens with two attached hydrogens (primary N) is 1. The molecular formula is C29H35N5O4S. The third kappa shape index (κ3) is 8.05. The molecule has 1 heterocycles. The maximum atomic E-state index is 13.1. The maximum absolute atomic E-state index is 13.1. The highest BCUT2D eigenvalue weighted by Gasteiger charge is 2.23. The number of nitrogens with zero attached hydrogens (tertiary/aromatic N) is 1. The predicted molar refractivity (Wildman–Crippen MR) is 152 cm³/mol. The molecule has 0 aromatic heterocycles. The van der Waals surface area contributed by atoms with Crippen LogP contribution in [0.5, 0.6) is 11.5 Å². The molecule has 3 aromatic carbocycles. The number of ether oxygens (including phenoxy) is 2. The molecule has 1 aliphatic heterocycles. The van der Waals surface area contributed by atoms with Crippen LogP contribution in [0.2, 0.25) is 0 Å². The molecule has 1 aliphatic rings. The summed E-state index contributed by atoms with van der Waals surface area (Å²) in [5, 5.41) is 15.4. The van der Waals surface area contributed by atoms with Gasteiger partial charge in [0.1, 0.15) is 30.0 Å². The fourth-order valence-electron chi connectivity index (χ4n) is 4.46. The highest BCUT2D eigenvalue weighted by atomic mass is 32.2. The van der Waals surface area contributed by atoms with Gasteiger partial charge in [0.05, 0.1) is 16.8 Å². The second-order valence-corrected chi connectivity index (χ2v) is 11.3. The topological polar surface area (TPSA) is 142 Å². The van der Waals surface area contributed by atoms with Gasteiger partial charge in [0, 0.05) is 31.5 Å². The Balaban J connectivity index is 1.43. The maximum Gasteiger partial charge on any atom is 0.240 e. The lowest BCUT2D eigenvalue weighted by Gasteiger charge is -2.32. The van der Waals surface area contributed by atoms with Gasteiger partial charge in [-0.1, -0.05) is 42.5 Å². The largest absolute Gasteiger partial charge is 0.492 e. The minimum atomic E-state index is -3.77. The van der Waals surface area contributed by atoms with Crippen molar-refractivity contribution in [3.63, 3.8) is 0 Å². The fraction of sp³-hybridized carbons (Fsp3) is 0.310. The first-order valence-corrected chi connectivity index (χ1v) is 14.4. The molecule has 0 aliphatic carbocycles. The van der Waals surface area contributed by atoms with E-state index >= 15 is 0 Å². The van der Waals surface area contributed by atoms with Crippen LogP contribution >= 0.6 is 0 Å². The number of sulfonamides is 1. The Kier molecular flexibility index (Phi) is 9.21. The average molecular weight is 550 g/mol. The number of amidine groups is 2. The Hall–Kier alpha value is -3.89. The standard InChI is InChI=1S/C29H35N5O4S/c1-21(30)34-16-14-26(15-17-34)38-25-12-10-22(11-13-25)18-24(33-39(35,36)28-8-3-2-4-9-28)20-37-27-7-5-6-23(19-27)29(31)32/h2-13,19,24,26,30,33H,14-18,20H2,1H3,(H3,31,32)/t24-/m0/s1. The molecule has 39 heavy (non-hydrogen) atoms. The molecule has 10 heteroatoms. The molecule has 3 aromatic rings. The Labute approximate surface area is 230 Å². The van der Waals surface area contributed by atoms with Gasteiger partial charge in [0.2, 0.25) is 10.0 Å². The summed E-state index contributed by atoms with van der Waals surface area (Å²) in [6.45, 7) is 3.52. The van der Waals surface area contributed by atoms with Gasteiger partial charge < -0.3 is 20.1 Å². The summed E-state index contributed by atoms with van der Waals surface area (Å²) < 4.78 is 41.0. The smallest absolute Gasteiger partial charge is 0.240 e. The van der Waals surface area contributed by atoms with E-state index in [1.807, 2.05) is 24.3 Å². The van der Waals surface area contributed by atoms with Crippen molar-refractivity contribution >= 4 is 21.7 Å². The summed E-state index contributed by atoms with van der Waals surface area (Å²) in [6, 6.07) is 22.2. The van der Waals surface area contributed by atoms with Crippen molar-refractivity contribution in [2.45, 2.75) is 43.2 Å². The predicted octanol–water partition coefficient (Wildman–Crippen LogP) is 3.78. The second kappa shape index (κ2) is 12.8. The molecule has 4 rings (SSSR count). The molecule has 1 atom stereocenters. The number of hydrogen-bond donors (Lipinski definition) is 4. The number of hydrogen-bond acceptors (Lipinski definition) is 6. The van der Waals surface area contributed by atoms with E-state index in [1.165, 1.54) is 0 Å². The van der Waals surface area contributed by atoms with Gasteiger partial charge in [-0.25, -0.2) is 13.1 Å². The van der Waals surface area contributed by atoms with Crippen LogP contribution in [0.25, 0.3) is 0 Å². The van der Waals surface area contributed by atoms with E-state index in [2.05, 4.69) is 9.62 Å². The second-order valence-electron chi connectivity index (χ2n) is 9.62. The Morgan fingerprint density at radius 1 is 1.00 bits per heavy atom. The molecule has 5 N–H and O–H groups in total. The van der Waals surface area contributed by atoms with Crippen molar-refractivity contribution in [3.05, 3.63) is 90.0 Å². The van der Waals surface area contributed by atoms with Crippen molar-refractivity contribution in [1.29, 1.82) is 10.8 Å².